The van der Waals surface area contributed by atoms with E-state index in [1.807, 2.05) is 41.5 Å². The van der Waals surface area contributed by atoms with Crippen molar-refractivity contribution >= 4 is 67.1 Å². The summed E-state index contributed by atoms with van der Waals surface area (Å²) in [6.07, 6.45) is 0. The van der Waals surface area contributed by atoms with Crippen LogP contribution in [0.2, 0.25) is 0 Å². The number of aromatic hydroxyl groups is 2. The highest BCUT2D eigenvalue weighted by Crippen LogP contribution is 2.63. The third kappa shape index (κ3) is 5.62. The van der Waals surface area contributed by atoms with Crippen LogP contribution in [-0.4, -0.2) is 21.8 Å². The van der Waals surface area contributed by atoms with E-state index in [4.69, 9.17) is 0 Å². The van der Waals surface area contributed by atoms with Crippen molar-refractivity contribution in [3.8, 4) is 11.5 Å². The van der Waals surface area contributed by atoms with Crippen molar-refractivity contribution in [2.45, 2.75) is 104 Å². The Bertz CT molecular complexity index is 1710. The first-order valence-electron chi connectivity index (χ1n) is 14.8. The summed E-state index contributed by atoms with van der Waals surface area (Å²) >= 11 is 6.53. The van der Waals surface area contributed by atoms with Crippen molar-refractivity contribution in [2.75, 3.05) is 0 Å². The SMILES string of the molecule is CC(C)(C)C1=C2SC(=c3ccc(=C4Sc5c(c(C(C)(C)C)c(O)c(O)c5C(C)(C)C)S4)cc3)SC2=C(C(C)(C)C)C(=O)C1=O. The largest absolute Gasteiger partial charge is 0.504 e. The molecule has 0 radical (unpaired) electrons. The van der Waals surface area contributed by atoms with Crippen LogP contribution in [0.3, 0.4) is 0 Å². The van der Waals surface area contributed by atoms with Crippen LogP contribution in [0.1, 0.15) is 94.2 Å². The van der Waals surface area contributed by atoms with E-state index in [1.165, 1.54) is 0 Å². The molecule has 0 bridgehead atoms. The van der Waals surface area contributed by atoms with Crippen LogP contribution < -0.4 is 10.4 Å². The van der Waals surface area contributed by atoms with Gasteiger partial charge in [0, 0.05) is 41.9 Å². The zero-order chi connectivity index (χ0) is 32.9. The van der Waals surface area contributed by atoms with Gasteiger partial charge in [0.15, 0.2) is 11.5 Å². The second-order valence-electron chi connectivity index (χ2n) is 15.7. The number of carbonyl (C=O) groups excluding carboxylic acids is 2. The van der Waals surface area contributed by atoms with E-state index in [1.54, 1.807) is 47.0 Å². The summed E-state index contributed by atoms with van der Waals surface area (Å²) in [5.74, 6) is -0.801. The molecule has 2 aromatic carbocycles. The van der Waals surface area contributed by atoms with Crippen LogP contribution in [0, 0.1) is 10.8 Å². The molecule has 44 heavy (non-hydrogen) atoms. The molecule has 2 aliphatic heterocycles. The van der Waals surface area contributed by atoms with Gasteiger partial charge in [0.2, 0.25) is 11.6 Å². The third-order valence-electron chi connectivity index (χ3n) is 7.81. The van der Waals surface area contributed by atoms with Crippen LogP contribution in [0.4, 0.5) is 0 Å². The molecule has 5 rings (SSSR count). The number of rotatable bonds is 0. The Labute approximate surface area is 278 Å². The quantitative estimate of drug-likeness (QED) is 0.164. The van der Waals surface area contributed by atoms with E-state index in [0.717, 1.165) is 49.6 Å². The number of Topliss-reactive ketones (excluding diaryl/α,β-unsaturated/α-hetero) is 2. The van der Waals surface area contributed by atoms with Gasteiger partial charge in [-0.05, 0) is 32.1 Å². The van der Waals surface area contributed by atoms with Crippen LogP contribution in [-0.2, 0) is 20.4 Å². The number of ketones is 2. The molecule has 1 aliphatic carbocycles. The van der Waals surface area contributed by atoms with Crippen LogP contribution >= 0.6 is 47.0 Å². The molecule has 1 fully saturated rings. The van der Waals surface area contributed by atoms with E-state index in [2.05, 4.69) is 65.8 Å². The average molecular weight is 667 g/mol. The van der Waals surface area contributed by atoms with E-state index in [-0.39, 0.29) is 33.9 Å². The van der Waals surface area contributed by atoms with E-state index in [9.17, 15) is 19.8 Å². The summed E-state index contributed by atoms with van der Waals surface area (Å²) < 4.78 is 2.16. The number of phenols is 2. The van der Waals surface area contributed by atoms with Gasteiger partial charge in [0.1, 0.15) is 0 Å². The second-order valence-corrected chi connectivity index (χ2v) is 20.3. The molecule has 2 N–H and O–H groups in total. The zero-order valence-corrected chi connectivity index (χ0v) is 30.9. The topological polar surface area (TPSA) is 74.6 Å². The predicted octanol–water partition coefficient (Wildman–Crippen LogP) is 8.95. The molecule has 8 heteroatoms. The average Bonchev–Trinajstić information content (AvgIpc) is 3.46. The minimum atomic E-state index is -0.452. The molecule has 1 saturated heterocycles. The number of fused-ring (bicyclic) bond motifs is 2. The number of carbonyl (C=O) groups is 2. The fraction of sp³-hybridized carbons (Fsp3) is 0.444. The van der Waals surface area contributed by atoms with E-state index < -0.39 is 10.8 Å². The first-order chi connectivity index (χ1) is 20.0. The number of thioether (sulfide) groups is 4. The number of allylic oxidation sites excluding steroid dienone is 2. The number of benzene rings is 2. The maximum atomic E-state index is 13.4. The molecular formula is C36H42O4S4. The Kier molecular flexibility index (Phi) is 8.18. The van der Waals surface area contributed by atoms with Crippen molar-refractivity contribution < 1.29 is 19.8 Å². The molecule has 0 unspecified atom stereocenters. The van der Waals surface area contributed by atoms with Gasteiger partial charge in [-0.2, -0.15) is 0 Å². The lowest BCUT2D eigenvalue weighted by atomic mass is 9.73. The number of hydrogen-bond acceptors (Lipinski definition) is 8. The lowest BCUT2D eigenvalue weighted by Gasteiger charge is -2.32. The van der Waals surface area contributed by atoms with E-state index in [0.29, 0.717) is 11.1 Å². The molecule has 234 valence electrons. The smallest absolute Gasteiger partial charge is 0.230 e. The summed E-state index contributed by atoms with van der Waals surface area (Å²) in [4.78, 5) is 30.7. The Balaban J connectivity index is 1.66. The van der Waals surface area contributed by atoms with Crippen molar-refractivity contribution in [1.29, 1.82) is 0 Å². The fourth-order valence-corrected chi connectivity index (χ4v) is 12.3. The molecular weight excluding hydrogens is 625 g/mol. The molecule has 4 nitrogen and oxygen atoms in total. The highest BCUT2D eigenvalue weighted by atomic mass is 32.2. The second kappa shape index (κ2) is 10.8. The normalized spacial score (nSPS) is 18.1. The first-order valence-corrected chi connectivity index (χ1v) is 18.1. The number of phenolic OH excluding ortho intramolecular Hbond substituents is 2. The third-order valence-corrected chi connectivity index (χ3v) is 13.2. The van der Waals surface area contributed by atoms with Gasteiger partial charge in [0.05, 0.1) is 8.47 Å². The summed E-state index contributed by atoms with van der Waals surface area (Å²) in [6, 6.07) is 8.46. The maximum absolute atomic E-state index is 13.4. The van der Waals surface area contributed by atoms with Gasteiger partial charge < -0.3 is 10.2 Å². The van der Waals surface area contributed by atoms with Gasteiger partial charge in [-0.25, -0.2) is 0 Å². The minimum Gasteiger partial charge on any atom is -0.504 e. The molecule has 0 aromatic heterocycles. The lowest BCUT2D eigenvalue weighted by molar-refractivity contribution is -0.133. The molecule has 0 atom stereocenters. The summed E-state index contributed by atoms with van der Waals surface area (Å²) in [5.41, 5.74) is 1.14. The first kappa shape index (κ1) is 33.4. The lowest BCUT2D eigenvalue weighted by Crippen LogP contribution is -2.34. The Morgan fingerprint density at radius 2 is 0.773 bits per heavy atom. The Hall–Kier alpha value is -2.00. The van der Waals surface area contributed by atoms with E-state index >= 15 is 0 Å². The molecule has 3 aliphatic rings. The van der Waals surface area contributed by atoms with Crippen molar-refractivity contribution in [1.82, 2.24) is 0 Å². The maximum Gasteiger partial charge on any atom is 0.230 e. The van der Waals surface area contributed by atoms with Gasteiger partial charge in [-0.1, -0.05) is 154 Å². The van der Waals surface area contributed by atoms with Crippen LogP contribution in [0.25, 0.3) is 8.47 Å². The molecule has 0 saturated carbocycles. The molecule has 0 amide bonds. The van der Waals surface area contributed by atoms with Crippen LogP contribution in [0.5, 0.6) is 11.5 Å². The summed E-state index contributed by atoms with van der Waals surface area (Å²) in [7, 11) is 0. The highest BCUT2D eigenvalue weighted by molar-refractivity contribution is 8.37. The molecule has 2 heterocycles. The zero-order valence-electron chi connectivity index (χ0n) is 27.7. The van der Waals surface area contributed by atoms with Gasteiger partial charge >= 0.3 is 0 Å². The standard InChI is InChI=1S/C36H42O4S4/c1-33(2,3)19-23(37)24(38)20(34(4,5)6)28-27(19)41-31(42-28)17-13-15-18(16-14-17)32-43-29-21(35(7,8)9)25(39)26(40)22(30(29)44-32)36(10,11)12/h13-16,37-38H,1-12H3. The Morgan fingerprint density at radius 1 is 0.477 bits per heavy atom. The Morgan fingerprint density at radius 3 is 1.05 bits per heavy atom. The minimum absolute atomic E-state index is 0.0242. The van der Waals surface area contributed by atoms with Crippen molar-refractivity contribution in [2.24, 2.45) is 10.8 Å². The van der Waals surface area contributed by atoms with Crippen molar-refractivity contribution in [3.63, 3.8) is 0 Å². The predicted molar refractivity (Wildman–Crippen MR) is 190 cm³/mol. The molecule has 0 spiro atoms. The fourth-order valence-electron chi connectivity index (χ4n) is 5.87. The van der Waals surface area contributed by atoms with Crippen LogP contribution in [0.15, 0.2) is 55.0 Å². The van der Waals surface area contributed by atoms with Gasteiger partial charge in [-0.3, -0.25) is 9.59 Å². The monoisotopic (exact) mass is 666 g/mol. The van der Waals surface area contributed by atoms with Gasteiger partial charge in [-0.15, -0.1) is 0 Å². The number of hydrogen-bond donors (Lipinski definition) is 2. The summed E-state index contributed by atoms with van der Waals surface area (Å²) in [5, 5.41) is 24.5. The van der Waals surface area contributed by atoms with Crippen molar-refractivity contribution in [3.05, 3.63) is 66.8 Å². The molecule has 2 aromatic rings. The van der Waals surface area contributed by atoms with Gasteiger partial charge in [0.25, 0.3) is 0 Å². The highest BCUT2D eigenvalue weighted by Gasteiger charge is 2.46. The summed E-state index contributed by atoms with van der Waals surface area (Å²) in [6.45, 7) is 24.4.